The molecule has 0 aliphatic carbocycles. The number of carbonyl (C=O) groups is 1. The second-order valence-electron chi connectivity index (χ2n) is 5.77. The molecular formula is C19H17ClN2O. The molecule has 2 aromatic carbocycles. The summed E-state index contributed by atoms with van der Waals surface area (Å²) in [6.45, 7) is 6.15. The van der Waals surface area contributed by atoms with Gasteiger partial charge in [0, 0.05) is 10.6 Å². The molecule has 0 unspecified atom stereocenters. The fraction of sp³-hybridized carbons (Fsp3) is 0.158. The van der Waals surface area contributed by atoms with Gasteiger partial charge in [-0.05, 0) is 55.7 Å². The fourth-order valence-electron chi connectivity index (χ4n) is 2.80. The van der Waals surface area contributed by atoms with Gasteiger partial charge >= 0.3 is 0 Å². The summed E-state index contributed by atoms with van der Waals surface area (Å²) < 4.78 is 0. The molecule has 1 aliphatic heterocycles. The van der Waals surface area contributed by atoms with E-state index in [0.29, 0.717) is 16.6 Å². The lowest BCUT2D eigenvalue weighted by atomic mass is 9.99. The SMILES string of the molecule is Cc1cc(C)c(/C=C2\N=C(c3cccc(Cl)c3)NC2=O)c(C)c1. The van der Waals surface area contributed by atoms with Crippen molar-refractivity contribution in [2.75, 3.05) is 0 Å². The van der Waals surface area contributed by atoms with Crippen molar-refractivity contribution >= 4 is 29.4 Å². The first kappa shape index (κ1) is 15.5. The third-order valence-electron chi connectivity index (χ3n) is 3.81. The number of aryl methyl sites for hydroxylation is 3. The minimum atomic E-state index is -0.195. The lowest BCUT2D eigenvalue weighted by Crippen LogP contribution is -2.24. The monoisotopic (exact) mass is 324 g/mol. The van der Waals surface area contributed by atoms with E-state index in [1.54, 1.807) is 12.1 Å². The van der Waals surface area contributed by atoms with Crippen molar-refractivity contribution in [1.82, 2.24) is 5.32 Å². The Morgan fingerprint density at radius 1 is 1.09 bits per heavy atom. The van der Waals surface area contributed by atoms with Gasteiger partial charge in [-0.15, -0.1) is 0 Å². The van der Waals surface area contributed by atoms with Crippen LogP contribution in [0.4, 0.5) is 0 Å². The van der Waals surface area contributed by atoms with Crippen LogP contribution >= 0.6 is 11.6 Å². The molecule has 23 heavy (non-hydrogen) atoms. The average molecular weight is 325 g/mol. The zero-order valence-corrected chi connectivity index (χ0v) is 14.0. The molecule has 3 rings (SSSR count). The van der Waals surface area contributed by atoms with E-state index in [1.165, 1.54) is 5.56 Å². The summed E-state index contributed by atoms with van der Waals surface area (Å²) in [5.41, 5.74) is 5.73. The number of rotatable bonds is 2. The van der Waals surface area contributed by atoms with Crippen LogP contribution in [-0.2, 0) is 4.79 Å². The Morgan fingerprint density at radius 2 is 1.78 bits per heavy atom. The molecule has 0 spiro atoms. The number of amidine groups is 1. The normalized spacial score (nSPS) is 15.7. The molecule has 0 saturated heterocycles. The van der Waals surface area contributed by atoms with Crippen LogP contribution in [0.1, 0.15) is 27.8 Å². The molecule has 1 amide bonds. The van der Waals surface area contributed by atoms with Crippen LogP contribution in [0.15, 0.2) is 47.1 Å². The molecule has 0 aromatic heterocycles. The van der Waals surface area contributed by atoms with Crippen molar-refractivity contribution in [2.45, 2.75) is 20.8 Å². The number of carbonyl (C=O) groups excluding carboxylic acids is 1. The highest BCUT2D eigenvalue weighted by molar-refractivity contribution is 6.31. The van der Waals surface area contributed by atoms with Crippen LogP contribution in [0.25, 0.3) is 6.08 Å². The molecule has 0 fully saturated rings. The van der Waals surface area contributed by atoms with Gasteiger partial charge < -0.3 is 5.32 Å². The standard InChI is InChI=1S/C19H17ClN2O/c1-11-7-12(2)16(13(3)8-11)10-17-19(23)22-18(21-17)14-5-4-6-15(20)9-14/h4-10H,1-3H3,(H,21,22,23)/b17-10-. The number of nitrogens with zero attached hydrogens (tertiary/aromatic N) is 1. The third kappa shape index (κ3) is 3.20. The van der Waals surface area contributed by atoms with Crippen LogP contribution < -0.4 is 5.32 Å². The number of nitrogens with one attached hydrogen (secondary N) is 1. The molecule has 0 radical (unpaired) electrons. The van der Waals surface area contributed by atoms with Gasteiger partial charge in [0.05, 0.1) is 0 Å². The maximum Gasteiger partial charge on any atom is 0.275 e. The van der Waals surface area contributed by atoms with Crippen molar-refractivity contribution in [2.24, 2.45) is 4.99 Å². The first-order valence-corrected chi connectivity index (χ1v) is 7.77. The summed E-state index contributed by atoms with van der Waals surface area (Å²) in [7, 11) is 0. The molecule has 116 valence electrons. The molecule has 4 heteroatoms. The molecule has 1 aliphatic rings. The van der Waals surface area contributed by atoms with Crippen molar-refractivity contribution < 1.29 is 4.79 Å². The van der Waals surface area contributed by atoms with Gasteiger partial charge in [-0.2, -0.15) is 0 Å². The van der Waals surface area contributed by atoms with E-state index < -0.39 is 0 Å². The number of hydrogen-bond acceptors (Lipinski definition) is 2. The number of amides is 1. The topological polar surface area (TPSA) is 41.5 Å². The van der Waals surface area contributed by atoms with Gasteiger partial charge in [-0.3, -0.25) is 4.79 Å². The second-order valence-corrected chi connectivity index (χ2v) is 6.20. The Kier molecular flexibility index (Phi) is 4.05. The van der Waals surface area contributed by atoms with E-state index >= 15 is 0 Å². The first-order valence-electron chi connectivity index (χ1n) is 7.39. The molecule has 0 bridgehead atoms. The first-order chi connectivity index (χ1) is 10.9. The Labute approximate surface area is 140 Å². The van der Waals surface area contributed by atoms with E-state index in [2.05, 4.69) is 29.4 Å². The maximum absolute atomic E-state index is 12.2. The number of aliphatic imine (C=N–C) groups is 1. The van der Waals surface area contributed by atoms with E-state index in [-0.39, 0.29) is 5.91 Å². The van der Waals surface area contributed by atoms with Gasteiger partial charge in [0.1, 0.15) is 11.5 Å². The lowest BCUT2D eigenvalue weighted by Gasteiger charge is -2.07. The average Bonchev–Trinajstić information content (AvgIpc) is 2.84. The highest BCUT2D eigenvalue weighted by atomic mass is 35.5. The Morgan fingerprint density at radius 3 is 2.43 bits per heavy atom. The van der Waals surface area contributed by atoms with Gasteiger partial charge in [-0.1, -0.05) is 41.4 Å². The second kappa shape index (κ2) is 6.01. The maximum atomic E-state index is 12.2. The van der Waals surface area contributed by atoms with E-state index in [0.717, 1.165) is 22.3 Å². The summed E-state index contributed by atoms with van der Waals surface area (Å²) in [6.07, 6.45) is 1.84. The molecule has 1 heterocycles. The quantitative estimate of drug-likeness (QED) is 0.827. The summed E-state index contributed by atoms with van der Waals surface area (Å²) >= 11 is 6.00. The van der Waals surface area contributed by atoms with Gasteiger partial charge in [0.15, 0.2) is 0 Å². The van der Waals surface area contributed by atoms with Crippen LogP contribution in [0, 0.1) is 20.8 Å². The van der Waals surface area contributed by atoms with E-state index in [1.807, 2.05) is 32.1 Å². The fourth-order valence-corrected chi connectivity index (χ4v) is 2.99. The smallest absolute Gasteiger partial charge is 0.275 e. The van der Waals surface area contributed by atoms with Crippen molar-refractivity contribution in [3.05, 3.63) is 74.9 Å². The molecule has 3 nitrogen and oxygen atoms in total. The molecule has 0 saturated carbocycles. The molecule has 0 atom stereocenters. The van der Waals surface area contributed by atoms with Crippen LogP contribution in [-0.4, -0.2) is 11.7 Å². The third-order valence-corrected chi connectivity index (χ3v) is 4.05. The minimum Gasteiger partial charge on any atom is -0.305 e. The highest BCUT2D eigenvalue weighted by Gasteiger charge is 2.21. The number of halogens is 1. The van der Waals surface area contributed by atoms with Gasteiger partial charge in [0.25, 0.3) is 5.91 Å². The predicted octanol–water partition coefficient (Wildman–Crippen LogP) is 4.18. The lowest BCUT2D eigenvalue weighted by molar-refractivity contribution is -0.115. The Hall–Kier alpha value is -2.39. The molecular weight excluding hydrogens is 308 g/mol. The van der Waals surface area contributed by atoms with Crippen molar-refractivity contribution in [1.29, 1.82) is 0 Å². The zero-order chi connectivity index (χ0) is 16.6. The minimum absolute atomic E-state index is 0.195. The summed E-state index contributed by atoms with van der Waals surface area (Å²) in [6, 6.07) is 11.5. The predicted molar refractivity (Wildman–Crippen MR) is 94.8 cm³/mol. The van der Waals surface area contributed by atoms with Gasteiger partial charge in [0.2, 0.25) is 0 Å². The zero-order valence-electron chi connectivity index (χ0n) is 13.3. The largest absolute Gasteiger partial charge is 0.305 e. The Balaban J connectivity index is 2.02. The summed E-state index contributed by atoms with van der Waals surface area (Å²) in [4.78, 5) is 16.6. The summed E-state index contributed by atoms with van der Waals surface area (Å²) in [5.74, 6) is 0.338. The summed E-state index contributed by atoms with van der Waals surface area (Å²) in [5, 5.41) is 3.42. The van der Waals surface area contributed by atoms with Crippen LogP contribution in [0.3, 0.4) is 0 Å². The Bertz CT molecular complexity index is 842. The van der Waals surface area contributed by atoms with Crippen molar-refractivity contribution in [3.8, 4) is 0 Å². The molecule has 2 aromatic rings. The number of hydrogen-bond donors (Lipinski definition) is 1. The number of benzene rings is 2. The van der Waals surface area contributed by atoms with Crippen LogP contribution in [0.5, 0.6) is 0 Å². The van der Waals surface area contributed by atoms with Crippen molar-refractivity contribution in [3.63, 3.8) is 0 Å². The van der Waals surface area contributed by atoms with Crippen LogP contribution in [0.2, 0.25) is 5.02 Å². The molecule has 1 N–H and O–H groups in total. The highest BCUT2D eigenvalue weighted by Crippen LogP contribution is 2.22. The van der Waals surface area contributed by atoms with E-state index in [9.17, 15) is 4.79 Å². The van der Waals surface area contributed by atoms with E-state index in [4.69, 9.17) is 11.6 Å². The van der Waals surface area contributed by atoms with Gasteiger partial charge in [-0.25, -0.2) is 4.99 Å².